The van der Waals surface area contributed by atoms with Gasteiger partial charge in [-0.15, -0.1) is 0 Å². The fourth-order valence-corrected chi connectivity index (χ4v) is 1.81. The van der Waals surface area contributed by atoms with Gasteiger partial charge in [0.2, 0.25) is 0 Å². The summed E-state index contributed by atoms with van der Waals surface area (Å²) >= 11 is 0. The first kappa shape index (κ1) is 16.5. The smallest absolute Gasteiger partial charge is 0.198 e. The van der Waals surface area contributed by atoms with Crippen LogP contribution in [0.15, 0.2) is 12.8 Å². The molecule has 17 heavy (non-hydrogen) atoms. The first-order chi connectivity index (χ1) is 8.35. The zero-order valence-corrected chi connectivity index (χ0v) is 11.7. The Labute approximate surface area is 107 Å². The predicted molar refractivity (Wildman–Crippen MR) is 73.9 cm³/mol. The standard InChI is InChI=1S/C15H30O2/c1-4-7-8-9-10-11-12-13-14-17-15(5-2)16-6-3/h6,15H,3-5,7-14H2,1-2H3. The van der Waals surface area contributed by atoms with Gasteiger partial charge in [-0.3, -0.25) is 0 Å². The van der Waals surface area contributed by atoms with E-state index in [0.29, 0.717) is 0 Å². The van der Waals surface area contributed by atoms with Crippen LogP contribution < -0.4 is 0 Å². The summed E-state index contributed by atoms with van der Waals surface area (Å²) < 4.78 is 10.8. The number of hydrogen-bond donors (Lipinski definition) is 0. The van der Waals surface area contributed by atoms with Crippen LogP contribution in [-0.4, -0.2) is 12.9 Å². The van der Waals surface area contributed by atoms with Crippen molar-refractivity contribution in [3.05, 3.63) is 12.8 Å². The summed E-state index contributed by atoms with van der Waals surface area (Å²) in [6.45, 7) is 8.66. The predicted octanol–water partition coefficient (Wildman–Crippen LogP) is 5.04. The molecule has 0 spiro atoms. The van der Waals surface area contributed by atoms with Crippen LogP contribution in [0.1, 0.15) is 71.6 Å². The molecule has 0 amide bonds. The third-order valence-electron chi connectivity index (χ3n) is 2.88. The highest BCUT2D eigenvalue weighted by molar-refractivity contribution is 4.52. The third kappa shape index (κ3) is 11.8. The monoisotopic (exact) mass is 242 g/mol. The lowest BCUT2D eigenvalue weighted by Gasteiger charge is -2.14. The van der Waals surface area contributed by atoms with Crippen molar-refractivity contribution < 1.29 is 9.47 Å². The molecule has 0 aromatic heterocycles. The summed E-state index contributed by atoms with van der Waals surface area (Å²) in [4.78, 5) is 0. The molecule has 1 unspecified atom stereocenters. The molecule has 0 saturated carbocycles. The van der Waals surface area contributed by atoms with Crippen LogP contribution >= 0.6 is 0 Å². The fourth-order valence-electron chi connectivity index (χ4n) is 1.81. The molecule has 0 fully saturated rings. The van der Waals surface area contributed by atoms with Crippen molar-refractivity contribution >= 4 is 0 Å². The first-order valence-corrected chi connectivity index (χ1v) is 7.23. The second kappa shape index (κ2) is 13.6. The van der Waals surface area contributed by atoms with Gasteiger partial charge in [-0.25, -0.2) is 0 Å². The summed E-state index contributed by atoms with van der Waals surface area (Å²) in [6, 6.07) is 0. The average Bonchev–Trinajstić information content (AvgIpc) is 2.35. The molecule has 0 radical (unpaired) electrons. The quantitative estimate of drug-likeness (QED) is 0.256. The molecule has 0 rings (SSSR count). The van der Waals surface area contributed by atoms with E-state index >= 15 is 0 Å². The number of ether oxygens (including phenoxy) is 2. The van der Waals surface area contributed by atoms with Gasteiger partial charge < -0.3 is 9.47 Å². The molecule has 0 N–H and O–H groups in total. The van der Waals surface area contributed by atoms with Gasteiger partial charge in [0.25, 0.3) is 0 Å². The van der Waals surface area contributed by atoms with Gasteiger partial charge in [0, 0.05) is 6.42 Å². The van der Waals surface area contributed by atoms with Gasteiger partial charge in [-0.05, 0) is 6.42 Å². The topological polar surface area (TPSA) is 18.5 Å². The van der Waals surface area contributed by atoms with E-state index in [0.717, 1.165) is 19.4 Å². The summed E-state index contributed by atoms with van der Waals surface area (Å²) in [5.74, 6) is 0. The van der Waals surface area contributed by atoms with Gasteiger partial charge in [0.05, 0.1) is 12.9 Å². The summed E-state index contributed by atoms with van der Waals surface area (Å²) in [7, 11) is 0. The van der Waals surface area contributed by atoms with Gasteiger partial charge in [-0.2, -0.15) is 0 Å². The van der Waals surface area contributed by atoms with Crippen molar-refractivity contribution in [2.45, 2.75) is 77.9 Å². The van der Waals surface area contributed by atoms with Crippen molar-refractivity contribution in [3.63, 3.8) is 0 Å². The second-order valence-electron chi connectivity index (χ2n) is 4.49. The third-order valence-corrected chi connectivity index (χ3v) is 2.88. The largest absolute Gasteiger partial charge is 0.473 e. The van der Waals surface area contributed by atoms with Crippen molar-refractivity contribution in [2.75, 3.05) is 6.61 Å². The Morgan fingerprint density at radius 3 is 2.06 bits per heavy atom. The zero-order valence-electron chi connectivity index (χ0n) is 11.7. The lowest BCUT2D eigenvalue weighted by atomic mass is 10.1. The molecule has 0 aliphatic heterocycles. The number of rotatable bonds is 13. The molecule has 0 aliphatic carbocycles. The Hall–Kier alpha value is -0.500. The van der Waals surface area contributed by atoms with E-state index in [1.165, 1.54) is 51.2 Å². The maximum absolute atomic E-state index is 5.58. The molecule has 0 heterocycles. The van der Waals surface area contributed by atoms with E-state index in [1.54, 1.807) is 0 Å². The van der Waals surface area contributed by atoms with E-state index < -0.39 is 0 Å². The molecule has 0 aromatic rings. The molecule has 1 atom stereocenters. The molecule has 102 valence electrons. The fraction of sp³-hybridized carbons (Fsp3) is 0.867. The van der Waals surface area contributed by atoms with Gasteiger partial charge in [0.15, 0.2) is 6.29 Å². The lowest BCUT2D eigenvalue weighted by Crippen LogP contribution is -2.13. The minimum absolute atomic E-state index is 0.0999. The molecular formula is C15H30O2. The van der Waals surface area contributed by atoms with E-state index in [-0.39, 0.29) is 6.29 Å². The van der Waals surface area contributed by atoms with Crippen molar-refractivity contribution in [2.24, 2.45) is 0 Å². The molecule has 0 bridgehead atoms. The van der Waals surface area contributed by atoms with Crippen LogP contribution in [0.3, 0.4) is 0 Å². The number of unbranched alkanes of at least 4 members (excludes halogenated alkanes) is 7. The Morgan fingerprint density at radius 2 is 1.53 bits per heavy atom. The van der Waals surface area contributed by atoms with Gasteiger partial charge >= 0.3 is 0 Å². The minimum Gasteiger partial charge on any atom is -0.473 e. The van der Waals surface area contributed by atoms with Crippen molar-refractivity contribution in [1.82, 2.24) is 0 Å². The average molecular weight is 242 g/mol. The molecule has 0 saturated heterocycles. The molecule has 0 aliphatic rings. The van der Waals surface area contributed by atoms with Crippen LogP contribution in [0.2, 0.25) is 0 Å². The Kier molecular flexibility index (Phi) is 13.2. The highest BCUT2D eigenvalue weighted by atomic mass is 16.7. The van der Waals surface area contributed by atoms with Crippen molar-refractivity contribution in [1.29, 1.82) is 0 Å². The summed E-state index contributed by atoms with van der Waals surface area (Å²) in [5, 5.41) is 0. The molecular weight excluding hydrogens is 212 g/mol. The summed E-state index contributed by atoms with van der Waals surface area (Å²) in [6.07, 6.45) is 12.9. The maximum atomic E-state index is 5.58. The minimum atomic E-state index is -0.0999. The van der Waals surface area contributed by atoms with E-state index in [9.17, 15) is 0 Å². The first-order valence-electron chi connectivity index (χ1n) is 7.23. The maximum Gasteiger partial charge on any atom is 0.198 e. The Morgan fingerprint density at radius 1 is 0.941 bits per heavy atom. The number of hydrogen-bond acceptors (Lipinski definition) is 2. The lowest BCUT2D eigenvalue weighted by molar-refractivity contribution is -0.108. The zero-order chi connectivity index (χ0) is 12.8. The highest BCUT2D eigenvalue weighted by Crippen LogP contribution is 2.09. The normalized spacial score (nSPS) is 12.4. The van der Waals surface area contributed by atoms with Crippen LogP contribution in [0.25, 0.3) is 0 Å². The SMILES string of the molecule is C=COC(CC)OCCCCCCCCCC. The molecule has 2 nitrogen and oxygen atoms in total. The second-order valence-corrected chi connectivity index (χ2v) is 4.49. The van der Waals surface area contributed by atoms with E-state index in [2.05, 4.69) is 20.4 Å². The van der Waals surface area contributed by atoms with E-state index in [4.69, 9.17) is 9.47 Å². The van der Waals surface area contributed by atoms with Gasteiger partial charge in [0.1, 0.15) is 0 Å². The van der Waals surface area contributed by atoms with Crippen LogP contribution in [-0.2, 0) is 9.47 Å². The summed E-state index contributed by atoms with van der Waals surface area (Å²) in [5.41, 5.74) is 0. The molecule has 2 heteroatoms. The van der Waals surface area contributed by atoms with Crippen LogP contribution in [0.4, 0.5) is 0 Å². The van der Waals surface area contributed by atoms with Crippen LogP contribution in [0.5, 0.6) is 0 Å². The van der Waals surface area contributed by atoms with E-state index in [1.807, 2.05) is 0 Å². The van der Waals surface area contributed by atoms with Crippen LogP contribution in [0, 0.1) is 0 Å². The van der Waals surface area contributed by atoms with Crippen molar-refractivity contribution in [3.8, 4) is 0 Å². The molecule has 0 aromatic carbocycles. The Bertz CT molecular complexity index is 157. The Balaban J connectivity index is 3.14. The van der Waals surface area contributed by atoms with Gasteiger partial charge in [-0.1, -0.05) is 65.4 Å². The highest BCUT2D eigenvalue weighted by Gasteiger charge is 2.03.